The second kappa shape index (κ2) is 8.08. The predicted octanol–water partition coefficient (Wildman–Crippen LogP) is 2.99. The van der Waals surface area contributed by atoms with Crippen LogP contribution in [0.5, 0.6) is 5.75 Å². The number of rotatable bonds is 5. The van der Waals surface area contributed by atoms with Gasteiger partial charge in [0.25, 0.3) is 0 Å². The average Bonchev–Trinajstić information content (AvgIpc) is 3.14. The van der Waals surface area contributed by atoms with Crippen LogP contribution in [0.15, 0.2) is 36.8 Å². The highest BCUT2D eigenvalue weighted by atomic mass is 16.5. The molecule has 2 N–H and O–H groups in total. The van der Waals surface area contributed by atoms with Crippen molar-refractivity contribution >= 4 is 17.5 Å². The van der Waals surface area contributed by atoms with E-state index < -0.39 is 0 Å². The number of nitrogens with zero attached hydrogens (tertiary/aromatic N) is 5. The summed E-state index contributed by atoms with van der Waals surface area (Å²) in [4.78, 5) is 15.7. The molecule has 2 aromatic heterocycles. The van der Waals surface area contributed by atoms with Gasteiger partial charge in [-0.05, 0) is 38.8 Å². The van der Waals surface area contributed by atoms with Gasteiger partial charge < -0.3 is 24.6 Å². The number of hydrogen-bond acceptors (Lipinski definition) is 7. The highest BCUT2D eigenvalue weighted by molar-refractivity contribution is 5.62. The number of imidazole rings is 1. The molecule has 1 aliphatic rings. The fourth-order valence-electron chi connectivity index (χ4n) is 3.52. The molecule has 3 heterocycles. The van der Waals surface area contributed by atoms with Gasteiger partial charge in [-0.3, -0.25) is 0 Å². The van der Waals surface area contributed by atoms with E-state index in [0.717, 1.165) is 60.3 Å². The lowest BCUT2D eigenvalue weighted by atomic mass is 10.1. The summed E-state index contributed by atoms with van der Waals surface area (Å²) in [5.74, 6) is 2.15. The summed E-state index contributed by atoms with van der Waals surface area (Å²) in [5, 5.41) is 13.0. The molecule has 0 atom stereocenters. The van der Waals surface area contributed by atoms with E-state index in [4.69, 9.17) is 4.74 Å². The van der Waals surface area contributed by atoms with Gasteiger partial charge in [0.2, 0.25) is 5.95 Å². The topological polar surface area (TPSA) is 88.3 Å². The second-order valence-electron chi connectivity index (χ2n) is 7.34. The molecule has 29 heavy (non-hydrogen) atoms. The first-order valence-corrected chi connectivity index (χ1v) is 9.76. The van der Waals surface area contributed by atoms with Gasteiger partial charge in [-0.1, -0.05) is 0 Å². The molecule has 0 bridgehead atoms. The van der Waals surface area contributed by atoms with Crippen molar-refractivity contribution in [2.24, 2.45) is 0 Å². The minimum Gasteiger partial charge on any atom is -0.494 e. The molecule has 0 saturated carbocycles. The molecule has 1 saturated heterocycles. The van der Waals surface area contributed by atoms with Crippen molar-refractivity contribution in [3.05, 3.63) is 48.2 Å². The molecule has 1 fully saturated rings. The van der Waals surface area contributed by atoms with E-state index in [1.165, 1.54) is 0 Å². The van der Waals surface area contributed by atoms with E-state index in [0.29, 0.717) is 5.95 Å². The van der Waals surface area contributed by atoms with Crippen molar-refractivity contribution in [3.8, 4) is 11.4 Å². The molecule has 1 aromatic carbocycles. The van der Waals surface area contributed by atoms with Gasteiger partial charge in [0.1, 0.15) is 11.6 Å². The number of benzene rings is 1. The summed E-state index contributed by atoms with van der Waals surface area (Å²) in [7, 11) is 1.65. The smallest absolute Gasteiger partial charge is 0.229 e. The molecule has 0 unspecified atom stereocenters. The Morgan fingerprint density at radius 1 is 1.10 bits per heavy atom. The van der Waals surface area contributed by atoms with Crippen LogP contribution in [0.3, 0.4) is 0 Å². The van der Waals surface area contributed by atoms with E-state index in [2.05, 4.69) is 25.2 Å². The fourth-order valence-corrected chi connectivity index (χ4v) is 3.52. The van der Waals surface area contributed by atoms with Gasteiger partial charge in [0, 0.05) is 42.8 Å². The normalized spacial score (nSPS) is 14.8. The van der Waals surface area contributed by atoms with Crippen molar-refractivity contribution in [2.75, 3.05) is 30.4 Å². The van der Waals surface area contributed by atoms with E-state index >= 15 is 0 Å². The third-order valence-corrected chi connectivity index (χ3v) is 5.05. The van der Waals surface area contributed by atoms with Crippen molar-refractivity contribution in [2.45, 2.75) is 32.8 Å². The Kier molecular flexibility index (Phi) is 5.35. The van der Waals surface area contributed by atoms with Crippen LogP contribution >= 0.6 is 0 Å². The van der Waals surface area contributed by atoms with Crippen LogP contribution in [0.4, 0.5) is 17.5 Å². The maximum atomic E-state index is 9.74. The van der Waals surface area contributed by atoms with E-state index in [9.17, 15) is 5.11 Å². The van der Waals surface area contributed by atoms with Crippen LogP contribution in [0.25, 0.3) is 5.69 Å². The van der Waals surface area contributed by atoms with Gasteiger partial charge >= 0.3 is 0 Å². The molecule has 3 aromatic rings. The Balaban J connectivity index is 1.57. The molecule has 152 valence electrons. The lowest BCUT2D eigenvalue weighted by molar-refractivity contribution is 0.145. The molecule has 8 nitrogen and oxygen atoms in total. The lowest BCUT2D eigenvalue weighted by Gasteiger charge is -2.30. The summed E-state index contributed by atoms with van der Waals surface area (Å²) < 4.78 is 7.51. The summed E-state index contributed by atoms with van der Waals surface area (Å²) in [5.41, 5.74) is 3.59. The number of ether oxygens (including phenoxy) is 1. The molecule has 1 aliphatic heterocycles. The second-order valence-corrected chi connectivity index (χ2v) is 7.34. The van der Waals surface area contributed by atoms with Crippen LogP contribution in [0.1, 0.15) is 24.2 Å². The Bertz CT molecular complexity index is 995. The number of aromatic nitrogens is 4. The van der Waals surface area contributed by atoms with Crippen LogP contribution in [0.2, 0.25) is 0 Å². The molecule has 0 spiro atoms. The third kappa shape index (κ3) is 4.32. The highest BCUT2D eigenvalue weighted by Gasteiger charge is 2.19. The Labute approximate surface area is 170 Å². The first-order chi connectivity index (χ1) is 14.0. The number of anilines is 3. The van der Waals surface area contributed by atoms with Gasteiger partial charge in [-0.15, -0.1) is 0 Å². The van der Waals surface area contributed by atoms with Crippen molar-refractivity contribution < 1.29 is 9.84 Å². The van der Waals surface area contributed by atoms with Crippen LogP contribution in [-0.2, 0) is 0 Å². The first-order valence-electron chi connectivity index (χ1n) is 9.76. The summed E-state index contributed by atoms with van der Waals surface area (Å²) >= 11 is 0. The summed E-state index contributed by atoms with van der Waals surface area (Å²) in [6.45, 7) is 5.50. The monoisotopic (exact) mass is 394 g/mol. The maximum Gasteiger partial charge on any atom is 0.229 e. The maximum absolute atomic E-state index is 9.74. The largest absolute Gasteiger partial charge is 0.494 e. The van der Waals surface area contributed by atoms with Crippen LogP contribution < -0.4 is 15.0 Å². The van der Waals surface area contributed by atoms with Crippen molar-refractivity contribution in [1.29, 1.82) is 0 Å². The van der Waals surface area contributed by atoms with Gasteiger partial charge in [0.15, 0.2) is 0 Å². The third-order valence-electron chi connectivity index (χ3n) is 5.05. The zero-order chi connectivity index (χ0) is 20.4. The van der Waals surface area contributed by atoms with Gasteiger partial charge in [0.05, 0.1) is 30.9 Å². The van der Waals surface area contributed by atoms with Crippen LogP contribution in [-0.4, -0.2) is 50.9 Å². The number of nitrogens with one attached hydrogen (secondary N) is 1. The first kappa shape index (κ1) is 19.2. The Hall–Kier alpha value is -3.13. The van der Waals surface area contributed by atoms with Crippen molar-refractivity contribution in [3.63, 3.8) is 0 Å². The zero-order valence-corrected chi connectivity index (χ0v) is 17.0. The molecular formula is C21H26N6O2. The van der Waals surface area contributed by atoms with E-state index in [1.807, 2.05) is 48.9 Å². The minimum atomic E-state index is -0.211. The Morgan fingerprint density at radius 3 is 2.59 bits per heavy atom. The number of aliphatic hydroxyl groups excluding tert-OH is 1. The minimum absolute atomic E-state index is 0.211. The lowest BCUT2D eigenvalue weighted by Crippen LogP contribution is -2.36. The SMILES string of the molecule is COc1cc(Nc2nc(C)cc(N3CCC(O)CC3)n2)ccc1-n1cnc(C)c1. The van der Waals surface area contributed by atoms with Gasteiger partial charge in [-0.2, -0.15) is 4.98 Å². The standard InChI is InChI=1S/C21H26N6O2/c1-14-10-20(26-8-6-17(28)7-9-26)25-21(23-14)24-16-4-5-18(19(11-16)29-3)27-12-15(2)22-13-27/h4-5,10-13,17,28H,6-9H2,1-3H3,(H,23,24,25). The molecular weight excluding hydrogens is 368 g/mol. The molecule has 0 aliphatic carbocycles. The zero-order valence-electron chi connectivity index (χ0n) is 17.0. The molecule has 4 rings (SSSR count). The number of aryl methyl sites for hydroxylation is 2. The van der Waals surface area contributed by atoms with Crippen LogP contribution in [0, 0.1) is 13.8 Å². The van der Waals surface area contributed by atoms with Gasteiger partial charge in [-0.25, -0.2) is 9.97 Å². The predicted molar refractivity (Wildman–Crippen MR) is 112 cm³/mol. The number of hydrogen-bond donors (Lipinski definition) is 2. The summed E-state index contributed by atoms with van der Waals surface area (Å²) in [6, 6.07) is 7.85. The fraction of sp³-hybridized carbons (Fsp3) is 0.381. The summed E-state index contributed by atoms with van der Waals surface area (Å²) in [6.07, 6.45) is 5.04. The quantitative estimate of drug-likeness (QED) is 0.688. The Morgan fingerprint density at radius 2 is 1.90 bits per heavy atom. The van der Waals surface area contributed by atoms with E-state index in [1.54, 1.807) is 13.4 Å². The average molecular weight is 394 g/mol. The molecule has 0 amide bonds. The molecule has 8 heteroatoms. The van der Waals surface area contributed by atoms with Crippen molar-refractivity contribution in [1.82, 2.24) is 19.5 Å². The number of methoxy groups -OCH3 is 1. The number of piperidine rings is 1. The number of aliphatic hydroxyl groups is 1. The highest BCUT2D eigenvalue weighted by Crippen LogP contribution is 2.28. The van der Waals surface area contributed by atoms with E-state index in [-0.39, 0.29) is 6.10 Å². The molecule has 0 radical (unpaired) electrons.